The second-order valence-electron chi connectivity index (χ2n) is 5.52. The van der Waals surface area contributed by atoms with Crippen LogP contribution in [0.2, 0.25) is 0 Å². The minimum atomic E-state index is -0.383. The molecule has 0 fully saturated rings. The lowest BCUT2D eigenvalue weighted by Crippen LogP contribution is -2.39. The number of hydrogen-bond acceptors (Lipinski definition) is 3. The summed E-state index contributed by atoms with van der Waals surface area (Å²) < 4.78 is 1.03. The lowest BCUT2D eigenvalue weighted by molar-refractivity contribution is 0.215. The first-order valence-electron chi connectivity index (χ1n) is 6.93. The molecule has 0 radical (unpaired) electrons. The van der Waals surface area contributed by atoms with Crippen LogP contribution in [0.5, 0.6) is 5.75 Å². The molecule has 1 unspecified atom stereocenters. The van der Waals surface area contributed by atoms with Gasteiger partial charge in [-0.25, -0.2) is 0 Å². The summed E-state index contributed by atoms with van der Waals surface area (Å²) in [6.07, 6.45) is 1.63. The van der Waals surface area contributed by atoms with Gasteiger partial charge in [0.1, 0.15) is 5.75 Å². The molecule has 0 spiro atoms. The summed E-state index contributed by atoms with van der Waals surface area (Å²) in [6, 6.07) is 15.1. The number of nitrogens with one attached hydrogen (secondary N) is 1. The average molecular weight is 350 g/mol. The number of aliphatic hydroxyl groups excluding tert-OH is 1. The number of anilines is 1. The second-order valence-corrected chi connectivity index (χ2v) is 6.43. The third kappa shape index (κ3) is 4.76. The van der Waals surface area contributed by atoms with Crippen LogP contribution in [0.3, 0.4) is 0 Å². The number of hydrogen-bond donors (Lipinski definition) is 3. The van der Waals surface area contributed by atoms with E-state index in [0.29, 0.717) is 0 Å². The molecule has 2 rings (SSSR count). The lowest BCUT2D eigenvalue weighted by Gasteiger charge is -2.30. The van der Waals surface area contributed by atoms with Crippen molar-refractivity contribution in [3.63, 3.8) is 0 Å². The molecule has 0 bridgehead atoms. The Labute approximate surface area is 133 Å². The van der Waals surface area contributed by atoms with E-state index in [2.05, 4.69) is 21.2 Å². The fraction of sp³-hybridized carbons (Fsp3) is 0.294. The van der Waals surface area contributed by atoms with Gasteiger partial charge in [-0.3, -0.25) is 0 Å². The van der Waals surface area contributed by atoms with Crippen molar-refractivity contribution in [2.24, 2.45) is 0 Å². The highest BCUT2D eigenvalue weighted by Crippen LogP contribution is 2.22. The molecule has 3 nitrogen and oxygen atoms in total. The van der Waals surface area contributed by atoms with E-state index < -0.39 is 0 Å². The van der Waals surface area contributed by atoms with Crippen molar-refractivity contribution in [3.8, 4) is 5.75 Å². The molecule has 112 valence electrons. The van der Waals surface area contributed by atoms with E-state index in [4.69, 9.17) is 0 Å². The molecule has 0 aliphatic carbocycles. The standard InChI is InChI=1S/C17H20BrNO2/c1-17(12-20,19-15-6-4-14(18)5-7-15)11-10-13-2-8-16(21)9-3-13/h2-9,19-21H,10-12H2,1H3. The molecule has 0 heterocycles. The van der Waals surface area contributed by atoms with Gasteiger partial charge in [0.2, 0.25) is 0 Å². The zero-order chi connectivity index (χ0) is 15.3. The van der Waals surface area contributed by atoms with Gasteiger partial charge < -0.3 is 15.5 Å². The number of halogens is 1. The number of aryl methyl sites for hydroxylation is 1. The molecular weight excluding hydrogens is 330 g/mol. The molecule has 0 aliphatic heterocycles. The molecule has 2 aromatic carbocycles. The van der Waals surface area contributed by atoms with Crippen molar-refractivity contribution in [3.05, 3.63) is 58.6 Å². The Morgan fingerprint density at radius 2 is 1.67 bits per heavy atom. The Morgan fingerprint density at radius 3 is 2.24 bits per heavy atom. The van der Waals surface area contributed by atoms with Crippen LogP contribution in [0.4, 0.5) is 5.69 Å². The number of aromatic hydroxyl groups is 1. The van der Waals surface area contributed by atoms with Gasteiger partial charge in [0.15, 0.2) is 0 Å². The minimum absolute atomic E-state index is 0.0567. The molecular formula is C17H20BrNO2. The Hall–Kier alpha value is -1.52. The molecule has 21 heavy (non-hydrogen) atoms. The molecule has 2 aromatic rings. The van der Waals surface area contributed by atoms with E-state index in [0.717, 1.165) is 28.6 Å². The fourth-order valence-corrected chi connectivity index (χ4v) is 2.41. The van der Waals surface area contributed by atoms with E-state index in [1.165, 1.54) is 0 Å². The van der Waals surface area contributed by atoms with Gasteiger partial charge in [-0.05, 0) is 61.7 Å². The maximum atomic E-state index is 9.71. The van der Waals surface area contributed by atoms with Gasteiger partial charge in [-0.1, -0.05) is 28.1 Å². The smallest absolute Gasteiger partial charge is 0.115 e. The number of aliphatic hydroxyl groups is 1. The zero-order valence-electron chi connectivity index (χ0n) is 12.0. The molecule has 1 atom stereocenters. The number of rotatable bonds is 6. The van der Waals surface area contributed by atoms with Crippen LogP contribution in [0, 0.1) is 0 Å². The van der Waals surface area contributed by atoms with Crippen LogP contribution < -0.4 is 5.32 Å². The van der Waals surface area contributed by atoms with Crippen molar-refractivity contribution < 1.29 is 10.2 Å². The van der Waals surface area contributed by atoms with Crippen LogP contribution in [0.15, 0.2) is 53.0 Å². The molecule has 0 aromatic heterocycles. The summed E-state index contributed by atoms with van der Waals surface area (Å²) in [5.74, 6) is 0.275. The predicted octanol–water partition coefficient (Wildman–Crippen LogP) is 3.95. The van der Waals surface area contributed by atoms with Crippen LogP contribution >= 0.6 is 15.9 Å². The maximum Gasteiger partial charge on any atom is 0.115 e. The van der Waals surface area contributed by atoms with Crippen molar-refractivity contribution in [1.82, 2.24) is 0 Å². The quantitative estimate of drug-likeness (QED) is 0.739. The van der Waals surface area contributed by atoms with Gasteiger partial charge in [-0.2, -0.15) is 0 Å². The van der Waals surface area contributed by atoms with Crippen LogP contribution in [0.1, 0.15) is 18.9 Å². The van der Waals surface area contributed by atoms with Gasteiger partial charge in [0, 0.05) is 10.2 Å². The monoisotopic (exact) mass is 349 g/mol. The predicted molar refractivity (Wildman–Crippen MR) is 89.7 cm³/mol. The third-order valence-corrected chi connectivity index (χ3v) is 4.07. The normalized spacial score (nSPS) is 13.7. The van der Waals surface area contributed by atoms with Crippen LogP contribution in [-0.4, -0.2) is 22.4 Å². The highest BCUT2D eigenvalue weighted by Gasteiger charge is 2.22. The number of benzene rings is 2. The maximum absolute atomic E-state index is 9.71. The third-order valence-electron chi connectivity index (χ3n) is 3.54. The SMILES string of the molecule is CC(CO)(CCc1ccc(O)cc1)Nc1ccc(Br)cc1. The minimum Gasteiger partial charge on any atom is -0.508 e. The van der Waals surface area contributed by atoms with E-state index in [1.54, 1.807) is 12.1 Å². The summed E-state index contributed by atoms with van der Waals surface area (Å²) >= 11 is 3.41. The van der Waals surface area contributed by atoms with Gasteiger partial charge in [-0.15, -0.1) is 0 Å². The van der Waals surface area contributed by atoms with Gasteiger partial charge >= 0.3 is 0 Å². The topological polar surface area (TPSA) is 52.5 Å². The van der Waals surface area contributed by atoms with Crippen molar-refractivity contribution in [2.75, 3.05) is 11.9 Å². The van der Waals surface area contributed by atoms with Crippen LogP contribution in [0.25, 0.3) is 0 Å². The van der Waals surface area contributed by atoms with Gasteiger partial charge in [0.25, 0.3) is 0 Å². The summed E-state index contributed by atoms with van der Waals surface area (Å²) in [5.41, 5.74) is 1.75. The Bertz CT molecular complexity index is 568. The second kappa shape index (κ2) is 6.96. The Morgan fingerprint density at radius 1 is 1.05 bits per heavy atom. The largest absolute Gasteiger partial charge is 0.508 e. The van der Waals surface area contributed by atoms with Crippen molar-refractivity contribution >= 4 is 21.6 Å². The summed E-state index contributed by atoms with van der Waals surface area (Å²) in [5, 5.41) is 22.4. The Kier molecular flexibility index (Phi) is 5.26. The lowest BCUT2D eigenvalue weighted by atomic mass is 9.93. The fourth-order valence-electron chi connectivity index (χ4n) is 2.15. The first kappa shape index (κ1) is 15.9. The molecule has 4 heteroatoms. The van der Waals surface area contributed by atoms with E-state index in [9.17, 15) is 10.2 Å². The first-order valence-corrected chi connectivity index (χ1v) is 7.73. The Balaban J connectivity index is 1.99. The molecule has 3 N–H and O–H groups in total. The van der Waals surface area contributed by atoms with Gasteiger partial charge in [0.05, 0.1) is 12.1 Å². The zero-order valence-corrected chi connectivity index (χ0v) is 13.6. The summed E-state index contributed by atoms with van der Waals surface area (Å²) in [4.78, 5) is 0. The highest BCUT2D eigenvalue weighted by atomic mass is 79.9. The van der Waals surface area contributed by atoms with E-state index in [1.807, 2.05) is 43.3 Å². The van der Waals surface area contributed by atoms with E-state index >= 15 is 0 Å². The molecule has 0 amide bonds. The number of phenolic OH excluding ortho intramolecular Hbond substituents is 1. The number of phenols is 1. The summed E-state index contributed by atoms with van der Waals surface area (Å²) in [7, 11) is 0. The van der Waals surface area contributed by atoms with Crippen molar-refractivity contribution in [1.29, 1.82) is 0 Å². The average Bonchev–Trinajstić information content (AvgIpc) is 2.49. The molecule has 0 saturated heterocycles. The molecule has 0 saturated carbocycles. The summed E-state index contributed by atoms with van der Waals surface area (Å²) in [6.45, 7) is 2.07. The van der Waals surface area contributed by atoms with Crippen LogP contribution in [-0.2, 0) is 6.42 Å². The first-order chi connectivity index (χ1) is 10.0. The van der Waals surface area contributed by atoms with E-state index in [-0.39, 0.29) is 17.9 Å². The molecule has 0 aliphatic rings. The highest BCUT2D eigenvalue weighted by molar-refractivity contribution is 9.10. The van der Waals surface area contributed by atoms with Crippen molar-refractivity contribution in [2.45, 2.75) is 25.3 Å².